The minimum absolute atomic E-state index is 0.0334. The standard InChI is InChI=1S/C16H26ClNO2/c1-6-10-18-15(16(3,7-2)20-5)13-11-12(17)8-9-14(13)19-4/h8-9,11,15,18H,6-7,10H2,1-5H3. The van der Waals surface area contributed by atoms with Crippen molar-refractivity contribution in [3.8, 4) is 5.75 Å². The Morgan fingerprint density at radius 3 is 2.50 bits per heavy atom. The largest absolute Gasteiger partial charge is 0.496 e. The quantitative estimate of drug-likeness (QED) is 0.780. The summed E-state index contributed by atoms with van der Waals surface area (Å²) in [5, 5.41) is 4.27. The molecule has 4 heteroatoms. The van der Waals surface area contributed by atoms with Gasteiger partial charge in [-0.05, 0) is 44.5 Å². The second-order valence-electron chi connectivity index (χ2n) is 5.14. The minimum Gasteiger partial charge on any atom is -0.496 e. The van der Waals surface area contributed by atoms with Crippen LogP contribution in [-0.4, -0.2) is 26.4 Å². The van der Waals surface area contributed by atoms with Gasteiger partial charge in [-0.1, -0.05) is 25.4 Å². The fourth-order valence-electron chi connectivity index (χ4n) is 2.34. The van der Waals surface area contributed by atoms with Gasteiger partial charge in [0.1, 0.15) is 5.75 Å². The lowest BCUT2D eigenvalue weighted by Crippen LogP contribution is -2.43. The molecule has 0 aliphatic rings. The molecule has 0 aliphatic heterocycles. The van der Waals surface area contributed by atoms with Gasteiger partial charge in [-0.15, -0.1) is 0 Å². The van der Waals surface area contributed by atoms with Crippen LogP contribution < -0.4 is 10.1 Å². The SMILES string of the molecule is CCCNC(c1cc(Cl)ccc1OC)C(C)(CC)OC. The van der Waals surface area contributed by atoms with E-state index in [1.807, 2.05) is 18.2 Å². The molecule has 0 aliphatic carbocycles. The van der Waals surface area contributed by atoms with E-state index in [-0.39, 0.29) is 11.6 Å². The van der Waals surface area contributed by atoms with Gasteiger partial charge in [-0.3, -0.25) is 0 Å². The summed E-state index contributed by atoms with van der Waals surface area (Å²) in [7, 11) is 3.43. The molecule has 0 saturated heterocycles. The van der Waals surface area contributed by atoms with Gasteiger partial charge < -0.3 is 14.8 Å². The number of methoxy groups -OCH3 is 2. The van der Waals surface area contributed by atoms with Crippen molar-refractivity contribution in [3.63, 3.8) is 0 Å². The van der Waals surface area contributed by atoms with E-state index < -0.39 is 0 Å². The number of nitrogens with one attached hydrogen (secondary N) is 1. The Hall–Kier alpha value is -0.770. The summed E-state index contributed by atoms with van der Waals surface area (Å²) in [5.41, 5.74) is 0.729. The molecule has 1 aromatic carbocycles. The van der Waals surface area contributed by atoms with Crippen LogP contribution in [0.2, 0.25) is 5.02 Å². The highest BCUT2D eigenvalue weighted by Gasteiger charge is 2.35. The summed E-state index contributed by atoms with van der Waals surface area (Å²) in [6.07, 6.45) is 1.95. The van der Waals surface area contributed by atoms with Crippen molar-refractivity contribution in [1.29, 1.82) is 0 Å². The molecule has 0 spiro atoms. The lowest BCUT2D eigenvalue weighted by molar-refractivity contribution is -0.0304. The van der Waals surface area contributed by atoms with Crippen molar-refractivity contribution in [2.75, 3.05) is 20.8 Å². The van der Waals surface area contributed by atoms with Crippen molar-refractivity contribution >= 4 is 11.6 Å². The van der Waals surface area contributed by atoms with Crippen molar-refractivity contribution < 1.29 is 9.47 Å². The smallest absolute Gasteiger partial charge is 0.123 e. The van der Waals surface area contributed by atoms with Gasteiger partial charge in [0.05, 0.1) is 18.8 Å². The van der Waals surface area contributed by atoms with E-state index in [4.69, 9.17) is 21.1 Å². The summed E-state index contributed by atoms with van der Waals surface area (Å²) < 4.78 is 11.3. The Morgan fingerprint density at radius 1 is 1.30 bits per heavy atom. The molecule has 0 heterocycles. The molecule has 1 N–H and O–H groups in total. The van der Waals surface area contributed by atoms with Crippen LogP contribution in [0.15, 0.2) is 18.2 Å². The zero-order valence-electron chi connectivity index (χ0n) is 13.1. The number of rotatable bonds is 8. The van der Waals surface area contributed by atoms with Crippen LogP contribution in [-0.2, 0) is 4.74 Å². The molecule has 0 radical (unpaired) electrons. The van der Waals surface area contributed by atoms with E-state index in [1.165, 1.54) is 0 Å². The van der Waals surface area contributed by atoms with Crippen LogP contribution in [0.4, 0.5) is 0 Å². The summed E-state index contributed by atoms with van der Waals surface area (Å²) >= 11 is 6.16. The highest BCUT2D eigenvalue weighted by Crippen LogP contribution is 2.37. The third kappa shape index (κ3) is 3.87. The van der Waals surface area contributed by atoms with Crippen molar-refractivity contribution in [2.24, 2.45) is 0 Å². The van der Waals surface area contributed by atoms with E-state index in [0.29, 0.717) is 5.02 Å². The maximum atomic E-state index is 6.16. The first-order valence-electron chi connectivity index (χ1n) is 7.14. The average Bonchev–Trinajstić information content (AvgIpc) is 2.47. The van der Waals surface area contributed by atoms with Crippen molar-refractivity contribution in [3.05, 3.63) is 28.8 Å². The summed E-state index contributed by atoms with van der Waals surface area (Å²) in [5.74, 6) is 0.833. The van der Waals surface area contributed by atoms with Crippen molar-refractivity contribution in [1.82, 2.24) is 5.32 Å². The molecule has 3 nitrogen and oxygen atoms in total. The minimum atomic E-state index is -0.312. The van der Waals surface area contributed by atoms with E-state index in [0.717, 1.165) is 30.7 Å². The van der Waals surface area contributed by atoms with Gasteiger partial charge in [0.25, 0.3) is 0 Å². The molecule has 2 atom stereocenters. The number of hydrogen-bond donors (Lipinski definition) is 1. The maximum Gasteiger partial charge on any atom is 0.123 e. The van der Waals surface area contributed by atoms with Crippen LogP contribution in [0.1, 0.15) is 45.2 Å². The highest BCUT2D eigenvalue weighted by molar-refractivity contribution is 6.30. The monoisotopic (exact) mass is 299 g/mol. The first kappa shape index (κ1) is 17.3. The van der Waals surface area contributed by atoms with E-state index >= 15 is 0 Å². The molecule has 1 rings (SSSR count). The summed E-state index contributed by atoms with van der Waals surface area (Å²) in [4.78, 5) is 0. The van der Waals surface area contributed by atoms with Crippen LogP contribution in [0.3, 0.4) is 0 Å². The van der Waals surface area contributed by atoms with Gasteiger partial charge in [0.2, 0.25) is 0 Å². The molecule has 0 bridgehead atoms. The predicted octanol–water partition coefficient (Wildman–Crippen LogP) is 4.20. The Bertz CT molecular complexity index is 419. The lowest BCUT2D eigenvalue weighted by Gasteiger charge is -2.37. The topological polar surface area (TPSA) is 30.5 Å². The summed E-state index contributed by atoms with van der Waals surface area (Å²) in [6, 6.07) is 5.74. The molecule has 0 saturated carbocycles. The molecular weight excluding hydrogens is 274 g/mol. The van der Waals surface area contributed by atoms with Gasteiger partial charge in [0, 0.05) is 17.7 Å². The molecule has 114 valence electrons. The predicted molar refractivity (Wildman–Crippen MR) is 84.7 cm³/mol. The van der Waals surface area contributed by atoms with E-state index in [1.54, 1.807) is 14.2 Å². The first-order valence-corrected chi connectivity index (χ1v) is 7.52. The third-order valence-electron chi connectivity index (χ3n) is 3.88. The maximum absolute atomic E-state index is 6.16. The fourth-order valence-corrected chi connectivity index (χ4v) is 2.52. The van der Waals surface area contributed by atoms with E-state index in [2.05, 4.69) is 26.1 Å². The zero-order valence-corrected chi connectivity index (χ0v) is 13.9. The number of halogens is 1. The van der Waals surface area contributed by atoms with Crippen LogP contribution in [0.5, 0.6) is 5.75 Å². The molecule has 1 aromatic rings. The molecule has 0 fully saturated rings. The molecule has 0 amide bonds. The third-order valence-corrected chi connectivity index (χ3v) is 4.12. The van der Waals surface area contributed by atoms with Crippen LogP contribution in [0, 0.1) is 0 Å². The number of benzene rings is 1. The van der Waals surface area contributed by atoms with Gasteiger partial charge >= 0.3 is 0 Å². The average molecular weight is 300 g/mol. The van der Waals surface area contributed by atoms with Gasteiger partial charge in [-0.25, -0.2) is 0 Å². The second kappa shape index (κ2) is 7.87. The number of ether oxygens (including phenoxy) is 2. The second-order valence-corrected chi connectivity index (χ2v) is 5.58. The summed E-state index contributed by atoms with van der Waals surface area (Å²) in [6.45, 7) is 7.30. The number of hydrogen-bond acceptors (Lipinski definition) is 3. The molecule has 2 unspecified atom stereocenters. The molecule has 0 aromatic heterocycles. The molecular formula is C16H26ClNO2. The Labute approximate surface area is 127 Å². The highest BCUT2D eigenvalue weighted by atomic mass is 35.5. The first-order chi connectivity index (χ1) is 9.52. The van der Waals surface area contributed by atoms with Crippen molar-refractivity contribution in [2.45, 2.75) is 45.3 Å². The normalized spacial score (nSPS) is 15.7. The van der Waals surface area contributed by atoms with E-state index in [9.17, 15) is 0 Å². The zero-order chi connectivity index (χ0) is 15.2. The molecule has 20 heavy (non-hydrogen) atoms. The van der Waals surface area contributed by atoms with Crippen LogP contribution in [0.25, 0.3) is 0 Å². The lowest BCUT2D eigenvalue weighted by atomic mass is 9.87. The Morgan fingerprint density at radius 2 is 2.00 bits per heavy atom. The van der Waals surface area contributed by atoms with Crippen LogP contribution >= 0.6 is 11.6 Å². The Kier molecular flexibility index (Phi) is 6.80. The van der Waals surface area contributed by atoms with Gasteiger partial charge in [-0.2, -0.15) is 0 Å². The Balaban J connectivity index is 3.25. The fraction of sp³-hybridized carbons (Fsp3) is 0.625. The van der Waals surface area contributed by atoms with Gasteiger partial charge in [0.15, 0.2) is 0 Å².